The number of carbonyl (C=O) groups is 1. The van der Waals surface area contributed by atoms with Crippen molar-refractivity contribution >= 4 is 49.8 Å². The average molecular weight is 405 g/mol. The molecule has 0 bridgehead atoms. The molecule has 1 aromatic heterocycles. The van der Waals surface area contributed by atoms with E-state index in [0.29, 0.717) is 10.0 Å². The quantitative estimate of drug-likeness (QED) is 0.527. The van der Waals surface area contributed by atoms with Crippen LogP contribution in [0.5, 0.6) is 5.75 Å². The number of phenols is 1. The summed E-state index contributed by atoms with van der Waals surface area (Å²) in [7, 11) is 0. The Kier molecular flexibility index (Phi) is 4.35. The van der Waals surface area contributed by atoms with Gasteiger partial charge in [0.25, 0.3) is 5.91 Å². The second kappa shape index (κ2) is 6.01. The molecule has 0 saturated carbocycles. The molecule has 20 heavy (non-hydrogen) atoms. The highest BCUT2D eigenvalue weighted by Gasteiger charge is 2.15. The molecule has 0 unspecified atom stereocenters. The summed E-state index contributed by atoms with van der Waals surface area (Å²) in [4.78, 5) is 11.6. The first-order valence-corrected chi connectivity index (χ1v) is 6.67. The molecule has 0 fully saturated rings. The van der Waals surface area contributed by atoms with Crippen molar-refractivity contribution in [1.29, 1.82) is 0 Å². The molecule has 2 aromatic rings. The highest BCUT2D eigenvalue weighted by atomic mass is 79.9. The van der Waals surface area contributed by atoms with Crippen LogP contribution in [0.4, 0.5) is 5.82 Å². The molecular formula is C10H7Br2N5O3. The van der Waals surface area contributed by atoms with Gasteiger partial charge in [-0.1, -0.05) is 15.9 Å². The van der Waals surface area contributed by atoms with E-state index in [1.54, 1.807) is 12.1 Å². The van der Waals surface area contributed by atoms with Crippen molar-refractivity contribution in [1.82, 2.24) is 15.7 Å². The second-order valence-corrected chi connectivity index (χ2v) is 5.29. The predicted octanol–water partition coefficient (Wildman–Crippen LogP) is 1.65. The first-order valence-electron chi connectivity index (χ1n) is 5.08. The molecule has 0 aliphatic heterocycles. The van der Waals surface area contributed by atoms with Crippen molar-refractivity contribution in [2.24, 2.45) is 5.10 Å². The Morgan fingerprint density at radius 2 is 2.20 bits per heavy atom. The number of aromatic nitrogens is 2. The van der Waals surface area contributed by atoms with Gasteiger partial charge in [0.15, 0.2) is 0 Å². The molecule has 1 aromatic carbocycles. The fourth-order valence-corrected chi connectivity index (χ4v) is 2.51. The lowest BCUT2D eigenvalue weighted by molar-refractivity contribution is 0.0946. The van der Waals surface area contributed by atoms with Crippen LogP contribution in [0.25, 0.3) is 0 Å². The predicted molar refractivity (Wildman–Crippen MR) is 77.3 cm³/mol. The third-order valence-corrected chi connectivity index (χ3v) is 3.22. The number of nitrogen functional groups attached to an aromatic ring is 1. The van der Waals surface area contributed by atoms with Crippen LogP contribution in [0.2, 0.25) is 0 Å². The number of halogens is 2. The maximum absolute atomic E-state index is 11.6. The summed E-state index contributed by atoms with van der Waals surface area (Å²) in [6.45, 7) is 0. The number of hydrogen-bond donors (Lipinski definition) is 3. The topological polar surface area (TPSA) is 127 Å². The number of nitrogens with zero attached hydrogens (tertiary/aromatic N) is 3. The van der Waals surface area contributed by atoms with E-state index in [1.165, 1.54) is 6.21 Å². The van der Waals surface area contributed by atoms with Crippen LogP contribution in [0, 0.1) is 0 Å². The number of carbonyl (C=O) groups excluding carboxylic acids is 1. The van der Waals surface area contributed by atoms with E-state index in [2.05, 4.69) is 57.3 Å². The third-order valence-electron chi connectivity index (χ3n) is 2.16. The summed E-state index contributed by atoms with van der Waals surface area (Å²) in [5, 5.41) is 20.1. The van der Waals surface area contributed by atoms with E-state index in [9.17, 15) is 9.90 Å². The zero-order valence-corrected chi connectivity index (χ0v) is 12.8. The Morgan fingerprint density at radius 3 is 2.85 bits per heavy atom. The van der Waals surface area contributed by atoms with Crippen molar-refractivity contribution < 1.29 is 14.5 Å². The first-order chi connectivity index (χ1) is 9.49. The lowest BCUT2D eigenvalue weighted by atomic mass is 10.2. The van der Waals surface area contributed by atoms with E-state index in [-0.39, 0.29) is 17.3 Å². The number of hydrogen-bond acceptors (Lipinski definition) is 7. The van der Waals surface area contributed by atoms with Crippen molar-refractivity contribution in [3.63, 3.8) is 0 Å². The van der Waals surface area contributed by atoms with Gasteiger partial charge in [-0.3, -0.25) is 4.79 Å². The molecule has 4 N–H and O–H groups in total. The van der Waals surface area contributed by atoms with Crippen LogP contribution >= 0.6 is 31.9 Å². The Bertz CT molecular complexity index is 686. The molecule has 8 nitrogen and oxygen atoms in total. The summed E-state index contributed by atoms with van der Waals surface area (Å²) >= 11 is 6.45. The number of benzene rings is 1. The van der Waals surface area contributed by atoms with Gasteiger partial charge in [0, 0.05) is 10.0 Å². The Balaban J connectivity index is 2.11. The molecule has 0 saturated heterocycles. The van der Waals surface area contributed by atoms with Crippen molar-refractivity contribution in [3.8, 4) is 5.75 Å². The van der Waals surface area contributed by atoms with Gasteiger partial charge >= 0.3 is 0 Å². The molecule has 0 aliphatic carbocycles. The highest BCUT2D eigenvalue weighted by molar-refractivity contribution is 9.11. The van der Waals surface area contributed by atoms with Gasteiger partial charge in [0.2, 0.25) is 11.5 Å². The first kappa shape index (κ1) is 14.5. The zero-order chi connectivity index (χ0) is 14.7. The third kappa shape index (κ3) is 3.14. The minimum atomic E-state index is -0.673. The molecule has 1 amide bonds. The summed E-state index contributed by atoms with van der Waals surface area (Å²) in [6.07, 6.45) is 1.27. The van der Waals surface area contributed by atoms with E-state index >= 15 is 0 Å². The number of amides is 1. The molecule has 2 rings (SSSR count). The van der Waals surface area contributed by atoms with Crippen LogP contribution < -0.4 is 11.2 Å². The summed E-state index contributed by atoms with van der Waals surface area (Å²) < 4.78 is 5.52. The lowest BCUT2D eigenvalue weighted by Gasteiger charge is -2.02. The van der Waals surface area contributed by atoms with Crippen molar-refractivity contribution in [2.75, 3.05) is 5.73 Å². The number of hydrazone groups is 1. The molecule has 0 aliphatic rings. The van der Waals surface area contributed by atoms with Crippen LogP contribution in [0.3, 0.4) is 0 Å². The fourth-order valence-electron chi connectivity index (χ4n) is 1.25. The average Bonchev–Trinajstić information content (AvgIpc) is 2.81. The number of phenolic OH excluding ortho intramolecular Hbond substituents is 1. The van der Waals surface area contributed by atoms with Crippen molar-refractivity contribution in [3.05, 3.63) is 32.3 Å². The van der Waals surface area contributed by atoms with Gasteiger partial charge in [0.05, 0.1) is 10.7 Å². The summed E-state index contributed by atoms with van der Waals surface area (Å²) in [5.41, 5.74) is 7.78. The number of aromatic hydroxyl groups is 1. The minimum absolute atomic E-state index is 0.00573. The van der Waals surface area contributed by atoms with Crippen molar-refractivity contribution in [2.45, 2.75) is 0 Å². The van der Waals surface area contributed by atoms with Crippen LogP contribution in [-0.4, -0.2) is 27.5 Å². The Morgan fingerprint density at radius 1 is 1.45 bits per heavy atom. The molecule has 0 spiro atoms. The van der Waals surface area contributed by atoms with Crippen LogP contribution in [0.1, 0.15) is 16.1 Å². The maximum atomic E-state index is 11.6. The summed E-state index contributed by atoms with van der Waals surface area (Å²) in [6, 6.07) is 3.30. The maximum Gasteiger partial charge on any atom is 0.297 e. The standard InChI is InChI=1S/C10H7Br2N5O3/c11-5-1-4(8(18)6(12)2-5)3-14-15-10(19)7-9(13)17-20-16-7/h1-3,18H,(H2,13,17)(H,15,19)/b14-3-. The lowest BCUT2D eigenvalue weighted by Crippen LogP contribution is -2.19. The summed E-state index contributed by atoms with van der Waals surface area (Å²) in [5.74, 6) is -0.812. The second-order valence-electron chi connectivity index (χ2n) is 3.52. The van der Waals surface area contributed by atoms with Gasteiger partial charge in [-0.25, -0.2) is 10.1 Å². The molecule has 1 heterocycles. The smallest absolute Gasteiger partial charge is 0.297 e. The van der Waals surface area contributed by atoms with E-state index in [1.807, 2.05) is 0 Å². The van der Waals surface area contributed by atoms with Crippen LogP contribution in [0.15, 0.2) is 30.8 Å². The number of rotatable bonds is 3. The number of anilines is 1. The van der Waals surface area contributed by atoms with Gasteiger partial charge in [0.1, 0.15) is 5.75 Å². The Labute approximate surface area is 129 Å². The number of nitrogens with one attached hydrogen (secondary N) is 1. The molecule has 0 atom stereocenters. The molecule has 10 heteroatoms. The normalized spacial score (nSPS) is 10.9. The number of nitrogens with two attached hydrogens (primary N) is 1. The monoisotopic (exact) mass is 403 g/mol. The minimum Gasteiger partial charge on any atom is -0.506 e. The molecule has 104 valence electrons. The van der Waals surface area contributed by atoms with E-state index in [0.717, 1.165) is 4.47 Å². The fraction of sp³-hybridized carbons (Fsp3) is 0. The van der Waals surface area contributed by atoms with Crippen LogP contribution in [-0.2, 0) is 0 Å². The molecule has 0 radical (unpaired) electrons. The highest BCUT2D eigenvalue weighted by Crippen LogP contribution is 2.30. The van der Waals surface area contributed by atoms with Gasteiger partial charge in [-0.15, -0.1) is 0 Å². The Hall–Kier alpha value is -1.94. The molecular weight excluding hydrogens is 398 g/mol. The van der Waals surface area contributed by atoms with Gasteiger partial charge < -0.3 is 10.8 Å². The van der Waals surface area contributed by atoms with Gasteiger partial charge in [-0.05, 0) is 38.4 Å². The largest absolute Gasteiger partial charge is 0.506 e. The van der Waals surface area contributed by atoms with E-state index in [4.69, 9.17) is 5.73 Å². The van der Waals surface area contributed by atoms with Gasteiger partial charge in [-0.2, -0.15) is 5.10 Å². The zero-order valence-electron chi connectivity index (χ0n) is 9.67. The SMILES string of the molecule is Nc1nonc1C(=O)N/N=C\c1cc(Br)cc(Br)c1O. The van der Waals surface area contributed by atoms with E-state index < -0.39 is 5.91 Å².